The quantitative estimate of drug-likeness (QED) is 0.794. The van der Waals surface area contributed by atoms with Gasteiger partial charge in [-0.1, -0.05) is 0 Å². The SMILES string of the molecule is Nc1ccc(F)c(C(=O)NC2CCCSC2)c1. The van der Waals surface area contributed by atoms with Crippen LogP contribution in [0.3, 0.4) is 0 Å². The maximum Gasteiger partial charge on any atom is 0.254 e. The molecule has 1 aliphatic rings. The predicted molar refractivity (Wildman–Crippen MR) is 68.6 cm³/mol. The van der Waals surface area contributed by atoms with Crippen LogP contribution < -0.4 is 11.1 Å². The number of carbonyl (C=O) groups is 1. The number of hydrogen-bond acceptors (Lipinski definition) is 3. The first-order valence-electron chi connectivity index (χ1n) is 5.60. The van der Waals surface area contributed by atoms with E-state index < -0.39 is 5.82 Å². The molecule has 17 heavy (non-hydrogen) atoms. The molecule has 0 spiro atoms. The third-order valence-corrected chi connectivity index (χ3v) is 3.95. The van der Waals surface area contributed by atoms with Crippen LogP contribution in [0.15, 0.2) is 18.2 Å². The zero-order valence-electron chi connectivity index (χ0n) is 9.41. The van der Waals surface area contributed by atoms with Crippen LogP contribution in [-0.2, 0) is 0 Å². The second kappa shape index (κ2) is 5.40. The van der Waals surface area contributed by atoms with Crippen LogP contribution in [0.2, 0.25) is 0 Å². The minimum Gasteiger partial charge on any atom is -0.399 e. The van der Waals surface area contributed by atoms with Gasteiger partial charge in [0.1, 0.15) is 5.82 Å². The lowest BCUT2D eigenvalue weighted by Gasteiger charge is -2.22. The van der Waals surface area contributed by atoms with Gasteiger partial charge in [0, 0.05) is 17.5 Å². The molecule has 5 heteroatoms. The Labute approximate surface area is 104 Å². The minimum absolute atomic E-state index is 0.0283. The van der Waals surface area contributed by atoms with Gasteiger partial charge in [-0.3, -0.25) is 4.79 Å². The predicted octanol–water partition coefficient (Wildman–Crippen LogP) is 2.03. The van der Waals surface area contributed by atoms with Crippen molar-refractivity contribution in [3.63, 3.8) is 0 Å². The fourth-order valence-electron chi connectivity index (χ4n) is 1.83. The minimum atomic E-state index is -0.528. The van der Waals surface area contributed by atoms with Crippen LogP contribution >= 0.6 is 11.8 Å². The van der Waals surface area contributed by atoms with E-state index in [0.29, 0.717) is 5.69 Å². The summed E-state index contributed by atoms with van der Waals surface area (Å²) in [4.78, 5) is 11.9. The number of halogens is 1. The van der Waals surface area contributed by atoms with E-state index in [-0.39, 0.29) is 17.5 Å². The monoisotopic (exact) mass is 254 g/mol. The highest BCUT2D eigenvalue weighted by Gasteiger charge is 2.19. The average Bonchev–Trinajstić information content (AvgIpc) is 2.33. The zero-order chi connectivity index (χ0) is 12.3. The highest BCUT2D eigenvalue weighted by Crippen LogP contribution is 2.18. The molecule has 92 valence electrons. The number of rotatable bonds is 2. The molecule has 1 aromatic rings. The molecule has 1 aliphatic heterocycles. The van der Waals surface area contributed by atoms with Gasteiger partial charge in [0.25, 0.3) is 5.91 Å². The first kappa shape index (κ1) is 12.2. The van der Waals surface area contributed by atoms with E-state index in [1.54, 1.807) is 0 Å². The summed E-state index contributed by atoms with van der Waals surface area (Å²) in [5.74, 6) is 1.14. The van der Waals surface area contributed by atoms with Crippen LogP contribution in [0.25, 0.3) is 0 Å². The van der Waals surface area contributed by atoms with Crippen molar-refractivity contribution < 1.29 is 9.18 Å². The number of thioether (sulfide) groups is 1. The highest BCUT2D eigenvalue weighted by molar-refractivity contribution is 7.99. The summed E-state index contributed by atoms with van der Waals surface area (Å²) in [5.41, 5.74) is 5.97. The van der Waals surface area contributed by atoms with Gasteiger partial charge >= 0.3 is 0 Å². The summed E-state index contributed by atoms with van der Waals surface area (Å²) >= 11 is 1.81. The van der Waals surface area contributed by atoms with Crippen molar-refractivity contribution >= 4 is 23.4 Å². The third-order valence-electron chi connectivity index (χ3n) is 2.73. The van der Waals surface area contributed by atoms with Crippen LogP contribution in [0.1, 0.15) is 23.2 Å². The lowest BCUT2D eigenvalue weighted by atomic mass is 10.1. The molecule has 2 rings (SSSR count). The van der Waals surface area contributed by atoms with Crippen LogP contribution in [0, 0.1) is 5.82 Å². The third kappa shape index (κ3) is 3.12. The number of nitrogens with two attached hydrogens (primary N) is 1. The molecule has 1 amide bonds. The second-order valence-electron chi connectivity index (χ2n) is 4.13. The molecule has 1 atom stereocenters. The van der Waals surface area contributed by atoms with E-state index in [2.05, 4.69) is 5.32 Å². The van der Waals surface area contributed by atoms with Gasteiger partial charge in [0.2, 0.25) is 0 Å². The first-order chi connectivity index (χ1) is 8.16. The number of nitrogens with one attached hydrogen (secondary N) is 1. The van der Waals surface area contributed by atoms with Crippen molar-refractivity contribution in [2.75, 3.05) is 17.2 Å². The van der Waals surface area contributed by atoms with Gasteiger partial charge in [-0.25, -0.2) is 4.39 Å². The molecule has 3 N–H and O–H groups in total. The van der Waals surface area contributed by atoms with Crippen molar-refractivity contribution in [1.82, 2.24) is 5.32 Å². The van der Waals surface area contributed by atoms with Gasteiger partial charge in [-0.05, 0) is 36.8 Å². The Morgan fingerprint density at radius 2 is 2.35 bits per heavy atom. The molecule has 0 radical (unpaired) electrons. The van der Waals surface area contributed by atoms with Gasteiger partial charge in [-0.2, -0.15) is 11.8 Å². The number of carbonyl (C=O) groups excluding carboxylic acids is 1. The topological polar surface area (TPSA) is 55.1 Å². The lowest BCUT2D eigenvalue weighted by molar-refractivity contribution is 0.0934. The Hall–Kier alpha value is -1.23. The first-order valence-corrected chi connectivity index (χ1v) is 6.76. The number of anilines is 1. The fourth-order valence-corrected chi connectivity index (χ4v) is 2.91. The molecule has 1 heterocycles. The summed E-state index contributed by atoms with van der Waals surface area (Å²) in [6.45, 7) is 0. The Morgan fingerprint density at radius 1 is 1.53 bits per heavy atom. The standard InChI is InChI=1S/C12H15FN2OS/c13-11-4-3-8(14)6-10(11)12(16)15-9-2-1-5-17-7-9/h3-4,6,9H,1-2,5,7,14H2,(H,15,16). The van der Waals surface area contributed by atoms with Crippen LogP contribution in [0.4, 0.5) is 10.1 Å². The summed E-state index contributed by atoms with van der Waals surface area (Å²) in [6, 6.07) is 4.19. The molecule has 3 nitrogen and oxygen atoms in total. The second-order valence-corrected chi connectivity index (χ2v) is 5.28. The molecule has 1 fully saturated rings. The van der Waals surface area contributed by atoms with Crippen molar-refractivity contribution in [2.24, 2.45) is 0 Å². The van der Waals surface area contributed by atoms with Crippen LogP contribution in [0.5, 0.6) is 0 Å². The number of hydrogen-bond donors (Lipinski definition) is 2. The van der Waals surface area contributed by atoms with E-state index in [4.69, 9.17) is 5.73 Å². The van der Waals surface area contributed by atoms with Crippen molar-refractivity contribution in [2.45, 2.75) is 18.9 Å². The molecule has 0 saturated carbocycles. The highest BCUT2D eigenvalue weighted by atomic mass is 32.2. The molecular weight excluding hydrogens is 239 g/mol. The van der Waals surface area contributed by atoms with E-state index in [1.807, 2.05) is 11.8 Å². The van der Waals surface area contributed by atoms with Gasteiger partial charge in [-0.15, -0.1) is 0 Å². The van der Waals surface area contributed by atoms with E-state index in [1.165, 1.54) is 18.2 Å². The molecule has 1 saturated heterocycles. The normalized spacial score (nSPS) is 19.9. The maximum absolute atomic E-state index is 13.5. The molecule has 0 bridgehead atoms. The largest absolute Gasteiger partial charge is 0.399 e. The van der Waals surface area contributed by atoms with Crippen molar-refractivity contribution in [3.05, 3.63) is 29.6 Å². The summed E-state index contributed by atoms with van der Waals surface area (Å²) in [6.07, 6.45) is 2.05. The van der Waals surface area contributed by atoms with E-state index in [9.17, 15) is 9.18 Å². The average molecular weight is 254 g/mol. The van der Waals surface area contributed by atoms with Gasteiger partial charge in [0.05, 0.1) is 5.56 Å². The van der Waals surface area contributed by atoms with Crippen molar-refractivity contribution in [3.8, 4) is 0 Å². The fraction of sp³-hybridized carbons (Fsp3) is 0.417. The Bertz CT molecular complexity index is 419. The van der Waals surface area contributed by atoms with E-state index in [0.717, 1.165) is 24.3 Å². The lowest BCUT2D eigenvalue weighted by Crippen LogP contribution is -2.38. The molecule has 1 aromatic carbocycles. The summed E-state index contributed by atoms with van der Waals surface area (Å²) in [5, 5.41) is 2.85. The Balaban J connectivity index is 2.05. The Kier molecular flexibility index (Phi) is 3.89. The summed E-state index contributed by atoms with van der Waals surface area (Å²) < 4.78 is 13.5. The zero-order valence-corrected chi connectivity index (χ0v) is 10.2. The number of amides is 1. The van der Waals surface area contributed by atoms with Crippen LogP contribution in [-0.4, -0.2) is 23.5 Å². The molecule has 0 aromatic heterocycles. The van der Waals surface area contributed by atoms with E-state index >= 15 is 0 Å². The maximum atomic E-state index is 13.5. The smallest absolute Gasteiger partial charge is 0.254 e. The molecule has 0 aliphatic carbocycles. The number of nitrogen functional groups attached to an aromatic ring is 1. The van der Waals surface area contributed by atoms with Gasteiger partial charge < -0.3 is 11.1 Å². The van der Waals surface area contributed by atoms with Crippen molar-refractivity contribution in [1.29, 1.82) is 0 Å². The Morgan fingerprint density at radius 3 is 3.06 bits per heavy atom. The number of benzene rings is 1. The van der Waals surface area contributed by atoms with Gasteiger partial charge in [0.15, 0.2) is 0 Å². The summed E-state index contributed by atoms with van der Waals surface area (Å²) in [7, 11) is 0. The molecule has 1 unspecified atom stereocenters. The molecular formula is C12H15FN2OS.